The van der Waals surface area contributed by atoms with Gasteiger partial charge in [-0.05, 0) is 66.8 Å². The van der Waals surface area contributed by atoms with Crippen LogP contribution in [-0.4, -0.2) is 34.5 Å². The van der Waals surface area contributed by atoms with Crippen LogP contribution >= 0.6 is 0 Å². The number of hydrogen-bond donors (Lipinski definition) is 1. The predicted octanol–water partition coefficient (Wildman–Crippen LogP) is 3.81. The van der Waals surface area contributed by atoms with Crippen LogP contribution in [0.25, 0.3) is 0 Å². The summed E-state index contributed by atoms with van der Waals surface area (Å²) in [5.74, 6) is 0.264. The quantitative estimate of drug-likeness (QED) is 0.620. The molecular weight excluding hydrogens is 424 g/mol. The molecule has 0 bridgehead atoms. The molecule has 0 radical (unpaired) electrons. The summed E-state index contributed by atoms with van der Waals surface area (Å²) in [5.41, 5.74) is 3.48. The van der Waals surface area contributed by atoms with E-state index in [2.05, 4.69) is 17.4 Å². The van der Waals surface area contributed by atoms with Crippen molar-refractivity contribution in [3.63, 3.8) is 0 Å². The fourth-order valence-corrected chi connectivity index (χ4v) is 5.25. The van der Waals surface area contributed by atoms with Crippen molar-refractivity contribution in [1.82, 2.24) is 5.32 Å². The van der Waals surface area contributed by atoms with Crippen LogP contribution in [0.5, 0.6) is 5.75 Å². The Hall–Kier alpha value is -3.32. The number of nitrogens with one attached hydrogen (secondary N) is 1. The second kappa shape index (κ2) is 9.04. The normalized spacial score (nSPS) is 15.5. The lowest BCUT2D eigenvalue weighted by Gasteiger charge is -2.25. The first-order chi connectivity index (χ1) is 15.4. The Morgan fingerprint density at radius 3 is 2.34 bits per heavy atom. The monoisotopic (exact) mass is 450 g/mol. The Morgan fingerprint density at radius 1 is 0.969 bits per heavy atom. The van der Waals surface area contributed by atoms with Crippen molar-refractivity contribution >= 4 is 21.6 Å². The van der Waals surface area contributed by atoms with Crippen LogP contribution in [-0.2, 0) is 22.9 Å². The van der Waals surface area contributed by atoms with Crippen LogP contribution in [0.1, 0.15) is 27.9 Å². The van der Waals surface area contributed by atoms with Gasteiger partial charge in [-0.15, -0.1) is 0 Å². The molecule has 4 rings (SSSR count). The molecule has 0 aliphatic heterocycles. The standard InChI is InChI=1S/C25H26N2O4S/c1-27(23-9-5-6-10-24(23)31-2)32(29,30)22-15-12-19(13-16-22)25(28)26-21-14-11-18-7-3-4-8-20(18)17-21/h3-10,12-13,15-16,21H,11,14,17H2,1-2H3,(H,26,28). The van der Waals surface area contributed by atoms with Crippen LogP contribution < -0.4 is 14.4 Å². The number of carbonyl (C=O) groups excluding carboxylic acids is 1. The first-order valence-electron chi connectivity index (χ1n) is 10.5. The van der Waals surface area contributed by atoms with Crippen molar-refractivity contribution in [3.05, 3.63) is 89.5 Å². The highest BCUT2D eigenvalue weighted by Gasteiger charge is 2.25. The third-order valence-electron chi connectivity index (χ3n) is 5.88. The molecule has 1 N–H and O–H groups in total. The van der Waals surface area contributed by atoms with E-state index in [1.807, 2.05) is 12.1 Å². The van der Waals surface area contributed by atoms with Gasteiger partial charge in [-0.25, -0.2) is 8.42 Å². The second-order valence-electron chi connectivity index (χ2n) is 7.85. The van der Waals surface area contributed by atoms with Gasteiger partial charge in [0.15, 0.2) is 0 Å². The minimum absolute atomic E-state index is 0.0671. The molecule has 1 unspecified atom stereocenters. The zero-order chi connectivity index (χ0) is 22.7. The summed E-state index contributed by atoms with van der Waals surface area (Å²) in [4.78, 5) is 12.8. The molecule has 1 aliphatic carbocycles. The Labute approximate surface area is 188 Å². The van der Waals surface area contributed by atoms with Gasteiger partial charge in [-0.3, -0.25) is 9.10 Å². The van der Waals surface area contributed by atoms with E-state index in [9.17, 15) is 13.2 Å². The molecule has 0 heterocycles. The number of carbonyl (C=O) groups is 1. The van der Waals surface area contributed by atoms with Gasteiger partial charge in [-0.2, -0.15) is 0 Å². The zero-order valence-electron chi connectivity index (χ0n) is 18.1. The molecule has 1 atom stereocenters. The number of amides is 1. The van der Waals surface area contributed by atoms with E-state index in [0.29, 0.717) is 17.0 Å². The van der Waals surface area contributed by atoms with Gasteiger partial charge < -0.3 is 10.1 Å². The Morgan fingerprint density at radius 2 is 1.62 bits per heavy atom. The summed E-state index contributed by atoms with van der Waals surface area (Å²) in [6.45, 7) is 0. The number of hydrogen-bond acceptors (Lipinski definition) is 4. The van der Waals surface area contributed by atoms with Gasteiger partial charge in [0.25, 0.3) is 15.9 Å². The van der Waals surface area contributed by atoms with Gasteiger partial charge in [0, 0.05) is 18.7 Å². The largest absolute Gasteiger partial charge is 0.495 e. The van der Waals surface area contributed by atoms with Crippen molar-refractivity contribution in [2.75, 3.05) is 18.5 Å². The highest BCUT2D eigenvalue weighted by Crippen LogP contribution is 2.31. The molecule has 1 amide bonds. The summed E-state index contributed by atoms with van der Waals surface area (Å²) in [7, 11) is -0.828. The van der Waals surface area contributed by atoms with Crippen LogP contribution in [0, 0.1) is 0 Å². The van der Waals surface area contributed by atoms with Gasteiger partial charge in [0.2, 0.25) is 0 Å². The van der Waals surface area contributed by atoms with E-state index in [-0.39, 0.29) is 16.8 Å². The minimum Gasteiger partial charge on any atom is -0.495 e. The molecular formula is C25H26N2O4S. The number of rotatable bonds is 6. The van der Waals surface area contributed by atoms with E-state index < -0.39 is 10.0 Å². The molecule has 0 spiro atoms. The van der Waals surface area contributed by atoms with Crippen LogP contribution in [0.2, 0.25) is 0 Å². The average molecular weight is 451 g/mol. The van der Waals surface area contributed by atoms with Crippen molar-refractivity contribution in [3.8, 4) is 5.75 Å². The van der Waals surface area contributed by atoms with Crippen LogP contribution in [0.3, 0.4) is 0 Å². The number of fused-ring (bicyclic) bond motifs is 1. The van der Waals surface area contributed by atoms with Crippen molar-refractivity contribution in [2.45, 2.75) is 30.2 Å². The zero-order valence-corrected chi connectivity index (χ0v) is 18.9. The lowest BCUT2D eigenvalue weighted by molar-refractivity contribution is 0.0933. The molecule has 1 aliphatic rings. The number of nitrogens with zero attached hydrogens (tertiary/aromatic N) is 1. The van der Waals surface area contributed by atoms with Crippen molar-refractivity contribution < 1.29 is 17.9 Å². The van der Waals surface area contributed by atoms with Gasteiger partial charge in [-0.1, -0.05) is 36.4 Å². The number of sulfonamides is 1. The molecule has 166 valence electrons. The Balaban J connectivity index is 1.47. The van der Waals surface area contributed by atoms with Crippen molar-refractivity contribution in [2.24, 2.45) is 0 Å². The summed E-state index contributed by atoms with van der Waals surface area (Å²) in [6, 6.07) is 21.3. The average Bonchev–Trinajstić information content (AvgIpc) is 2.83. The van der Waals surface area contributed by atoms with E-state index in [1.165, 1.54) is 41.7 Å². The fraction of sp³-hybridized carbons (Fsp3) is 0.240. The Bertz CT molecular complexity index is 1220. The SMILES string of the molecule is COc1ccccc1N(C)S(=O)(=O)c1ccc(C(=O)NC2CCc3ccccc3C2)cc1. The number of methoxy groups -OCH3 is 1. The first kappa shape index (κ1) is 21.9. The van der Waals surface area contributed by atoms with Gasteiger partial charge >= 0.3 is 0 Å². The molecule has 7 heteroatoms. The number of ether oxygens (including phenoxy) is 1. The molecule has 6 nitrogen and oxygen atoms in total. The third-order valence-corrected chi connectivity index (χ3v) is 7.67. The van der Waals surface area contributed by atoms with Crippen LogP contribution in [0.15, 0.2) is 77.7 Å². The summed E-state index contributed by atoms with van der Waals surface area (Å²) in [6.07, 6.45) is 2.63. The van der Waals surface area contributed by atoms with E-state index in [0.717, 1.165) is 19.3 Å². The molecule has 3 aromatic rings. The topological polar surface area (TPSA) is 75.7 Å². The second-order valence-corrected chi connectivity index (χ2v) is 9.82. The molecule has 0 saturated carbocycles. The number of anilines is 1. The molecule has 0 saturated heterocycles. The highest BCUT2D eigenvalue weighted by atomic mass is 32.2. The van der Waals surface area contributed by atoms with Crippen molar-refractivity contribution in [1.29, 1.82) is 0 Å². The number of para-hydroxylation sites is 2. The first-order valence-corrected chi connectivity index (χ1v) is 11.9. The van der Waals surface area contributed by atoms with E-state index >= 15 is 0 Å². The highest BCUT2D eigenvalue weighted by molar-refractivity contribution is 7.92. The minimum atomic E-state index is -3.81. The molecule has 3 aromatic carbocycles. The van der Waals surface area contributed by atoms with Gasteiger partial charge in [0.05, 0.1) is 17.7 Å². The maximum absolute atomic E-state index is 13.1. The Kier molecular flexibility index (Phi) is 6.19. The summed E-state index contributed by atoms with van der Waals surface area (Å²) < 4.78 is 32.6. The molecule has 32 heavy (non-hydrogen) atoms. The van der Waals surface area contributed by atoms with Crippen LogP contribution in [0.4, 0.5) is 5.69 Å². The maximum atomic E-state index is 13.1. The molecule has 0 fully saturated rings. The fourth-order valence-electron chi connectivity index (χ4n) is 4.05. The maximum Gasteiger partial charge on any atom is 0.264 e. The molecule has 0 aromatic heterocycles. The number of benzene rings is 3. The van der Waals surface area contributed by atoms with Gasteiger partial charge in [0.1, 0.15) is 5.75 Å². The lowest BCUT2D eigenvalue weighted by atomic mass is 9.88. The number of aryl methyl sites for hydroxylation is 1. The van der Waals surface area contributed by atoms with E-state index in [4.69, 9.17) is 4.74 Å². The lowest BCUT2D eigenvalue weighted by Crippen LogP contribution is -2.38. The third kappa shape index (κ3) is 4.34. The van der Waals surface area contributed by atoms with E-state index in [1.54, 1.807) is 36.4 Å². The predicted molar refractivity (Wildman–Crippen MR) is 125 cm³/mol. The summed E-state index contributed by atoms with van der Waals surface area (Å²) in [5, 5.41) is 3.08. The smallest absolute Gasteiger partial charge is 0.264 e. The summed E-state index contributed by atoms with van der Waals surface area (Å²) >= 11 is 0.